The van der Waals surface area contributed by atoms with E-state index in [1.807, 2.05) is 24.6 Å². The van der Waals surface area contributed by atoms with Crippen LogP contribution in [-0.2, 0) is 11.8 Å². The molecule has 0 amide bonds. The van der Waals surface area contributed by atoms with Gasteiger partial charge >= 0.3 is 5.97 Å². The molecule has 0 unspecified atom stereocenters. The fourth-order valence-corrected chi connectivity index (χ4v) is 2.98. The number of anilines is 1. The average Bonchev–Trinajstić information content (AvgIpc) is 2.85. The smallest absolute Gasteiger partial charge is 0.354 e. The fraction of sp³-hybridized carbons (Fsp3) is 0.471. The molecule has 1 aliphatic rings. The fourth-order valence-electron chi connectivity index (χ4n) is 2.98. The quantitative estimate of drug-likeness (QED) is 0.814. The second-order valence-corrected chi connectivity index (χ2v) is 5.84. The molecule has 0 saturated carbocycles. The third-order valence-corrected chi connectivity index (χ3v) is 4.38. The van der Waals surface area contributed by atoms with Crippen LogP contribution >= 0.6 is 0 Å². The second-order valence-electron chi connectivity index (χ2n) is 5.84. The molecule has 0 aliphatic carbocycles. The van der Waals surface area contributed by atoms with Gasteiger partial charge in [-0.05, 0) is 32.2 Å². The molecule has 2 aromatic rings. The number of aromatic nitrogens is 1. The molecule has 0 bridgehead atoms. The van der Waals surface area contributed by atoms with E-state index in [0.29, 0.717) is 12.3 Å². The van der Waals surface area contributed by atoms with E-state index >= 15 is 0 Å². The number of aryl methyl sites for hydroxylation is 1. The summed E-state index contributed by atoms with van der Waals surface area (Å²) in [6.07, 6.45) is 0. The molecular weight excluding hydrogens is 278 g/mol. The Hall–Kier alpha value is -2.01. The highest BCUT2D eigenvalue weighted by Gasteiger charge is 2.17. The van der Waals surface area contributed by atoms with Crippen LogP contribution in [0.2, 0.25) is 0 Å². The Balaban J connectivity index is 1.92. The summed E-state index contributed by atoms with van der Waals surface area (Å²) in [7, 11) is 4.08. The predicted octanol–water partition coefficient (Wildman–Crippen LogP) is 2.11. The number of carbonyl (C=O) groups is 1. The van der Waals surface area contributed by atoms with Crippen molar-refractivity contribution >= 4 is 22.6 Å². The normalized spacial score (nSPS) is 16.2. The highest BCUT2D eigenvalue weighted by atomic mass is 16.5. The minimum absolute atomic E-state index is 0.262. The van der Waals surface area contributed by atoms with Crippen LogP contribution in [0.1, 0.15) is 17.4 Å². The number of nitrogens with zero attached hydrogens (tertiary/aromatic N) is 3. The van der Waals surface area contributed by atoms with Crippen molar-refractivity contribution in [2.75, 3.05) is 44.7 Å². The van der Waals surface area contributed by atoms with E-state index in [1.54, 1.807) is 0 Å². The Kier molecular flexibility index (Phi) is 4.07. The van der Waals surface area contributed by atoms with Gasteiger partial charge in [-0.15, -0.1) is 0 Å². The van der Waals surface area contributed by atoms with E-state index in [1.165, 1.54) is 5.69 Å². The largest absolute Gasteiger partial charge is 0.461 e. The molecule has 2 heterocycles. The average molecular weight is 301 g/mol. The van der Waals surface area contributed by atoms with Crippen LogP contribution in [0.25, 0.3) is 10.9 Å². The molecule has 22 heavy (non-hydrogen) atoms. The van der Waals surface area contributed by atoms with Gasteiger partial charge in [0.2, 0.25) is 0 Å². The van der Waals surface area contributed by atoms with Crippen LogP contribution in [0.4, 0.5) is 5.69 Å². The standard InChI is InChI=1S/C17H23N3O2/c1-4-22-17(21)16-11-13-5-6-14(12-15(13)19(16)3)20-9-7-18(2)8-10-20/h5-6,11-12H,4,7-10H2,1-3H3. The van der Waals surface area contributed by atoms with Crippen LogP contribution in [0.15, 0.2) is 24.3 Å². The minimum Gasteiger partial charge on any atom is -0.461 e. The molecule has 1 fully saturated rings. The molecule has 1 aliphatic heterocycles. The number of ether oxygens (including phenoxy) is 1. The van der Waals surface area contributed by atoms with Crippen LogP contribution < -0.4 is 4.90 Å². The van der Waals surface area contributed by atoms with Gasteiger partial charge in [0.15, 0.2) is 0 Å². The van der Waals surface area contributed by atoms with E-state index in [9.17, 15) is 4.79 Å². The zero-order valence-electron chi connectivity index (χ0n) is 13.5. The van der Waals surface area contributed by atoms with Crippen molar-refractivity contribution in [1.29, 1.82) is 0 Å². The maximum atomic E-state index is 12.0. The van der Waals surface area contributed by atoms with Crippen molar-refractivity contribution in [3.63, 3.8) is 0 Å². The number of likely N-dealkylation sites (N-methyl/N-ethyl adjacent to an activating group) is 1. The second kappa shape index (κ2) is 6.01. The molecule has 118 valence electrons. The highest BCUT2D eigenvalue weighted by Crippen LogP contribution is 2.26. The van der Waals surface area contributed by atoms with Gasteiger partial charge in [0, 0.05) is 44.3 Å². The molecule has 3 rings (SSSR count). The summed E-state index contributed by atoms with van der Waals surface area (Å²) in [5, 5.41) is 1.07. The maximum Gasteiger partial charge on any atom is 0.354 e. The summed E-state index contributed by atoms with van der Waals surface area (Å²) in [5.41, 5.74) is 2.89. The van der Waals surface area contributed by atoms with E-state index in [4.69, 9.17) is 4.74 Å². The molecule has 1 aromatic heterocycles. The van der Waals surface area contributed by atoms with Gasteiger partial charge in [0.1, 0.15) is 5.69 Å². The van der Waals surface area contributed by atoms with Gasteiger partial charge in [-0.1, -0.05) is 6.07 Å². The first-order valence-corrected chi connectivity index (χ1v) is 7.80. The van der Waals surface area contributed by atoms with Gasteiger partial charge < -0.3 is 19.1 Å². The van der Waals surface area contributed by atoms with Gasteiger partial charge in [-0.3, -0.25) is 0 Å². The van der Waals surface area contributed by atoms with E-state index in [2.05, 4.69) is 35.0 Å². The van der Waals surface area contributed by atoms with Crippen LogP contribution in [0.5, 0.6) is 0 Å². The lowest BCUT2D eigenvalue weighted by Gasteiger charge is -2.34. The highest BCUT2D eigenvalue weighted by molar-refractivity contribution is 5.96. The Morgan fingerprint density at radius 1 is 1.14 bits per heavy atom. The molecule has 0 spiro atoms. The molecule has 1 aromatic carbocycles. The number of piperazine rings is 1. The van der Waals surface area contributed by atoms with Gasteiger partial charge in [0.05, 0.1) is 12.1 Å². The Morgan fingerprint density at radius 2 is 1.86 bits per heavy atom. The predicted molar refractivity (Wildman–Crippen MR) is 88.6 cm³/mol. The first-order chi connectivity index (χ1) is 10.6. The van der Waals surface area contributed by atoms with Crippen LogP contribution in [-0.4, -0.2) is 55.3 Å². The van der Waals surface area contributed by atoms with E-state index in [0.717, 1.165) is 37.1 Å². The van der Waals surface area contributed by atoms with E-state index in [-0.39, 0.29) is 5.97 Å². The van der Waals surface area contributed by atoms with Gasteiger partial charge in [-0.25, -0.2) is 4.79 Å². The summed E-state index contributed by atoms with van der Waals surface area (Å²) in [6, 6.07) is 8.30. The number of rotatable bonds is 3. The monoisotopic (exact) mass is 301 g/mol. The summed E-state index contributed by atoms with van der Waals surface area (Å²) < 4.78 is 7.04. The lowest BCUT2D eigenvalue weighted by molar-refractivity contribution is 0.0516. The van der Waals surface area contributed by atoms with Crippen molar-refractivity contribution < 1.29 is 9.53 Å². The van der Waals surface area contributed by atoms with Gasteiger partial charge in [0.25, 0.3) is 0 Å². The van der Waals surface area contributed by atoms with Crippen LogP contribution in [0, 0.1) is 0 Å². The SMILES string of the molecule is CCOC(=O)c1cc2ccc(N3CCN(C)CC3)cc2n1C. The number of hydrogen-bond acceptors (Lipinski definition) is 4. The molecule has 5 heteroatoms. The zero-order chi connectivity index (χ0) is 15.7. The molecule has 0 radical (unpaired) electrons. The summed E-state index contributed by atoms with van der Waals surface area (Å²) in [4.78, 5) is 16.7. The molecule has 0 atom stereocenters. The first-order valence-electron chi connectivity index (χ1n) is 7.80. The first kappa shape index (κ1) is 14.9. The lowest BCUT2D eigenvalue weighted by Crippen LogP contribution is -2.44. The molecular formula is C17H23N3O2. The number of benzene rings is 1. The Bertz CT molecular complexity index is 685. The number of fused-ring (bicyclic) bond motifs is 1. The topological polar surface area (TPSA) is 37.7 Å². The van der Waals surface area contributed by atoms with Crippen molar-refractivity contribution in [3.8, 4) is 0 Å². The summed E-state index contributed by atoms with van der Waals surface area (Å²) in [5.74, 6) is -0.262. The molecule has 1 saturated heterocycles. The van der Waals surface area contributed by atoms with Gasteiger partial charge in [-0.2, -0.15) is 0 Å². The maximum absolute atomic E-state index is 12.0. The van der Waals surface area contributed by atoms with Crippen molar-refractivity contribution in [3.05, 3.63) is 30.0 Å². The van der Waals surface area contributed by atoms with Crippen LogP contribution in [0.3, 0.4) is 0 Å². The number of hydrogen-bond donors (Lipinski definition) is 0. The number of carbonyl (C=O) groups excluding carboxylic acids is 1. The van der Waals surface area contributed by atoms with Crippen molar-refractivity contribution in [1.82, 2.24) is 9.47 Å². The third kappa shape index (κ3) is 2.68. The third-order valence-electron chi connectivity index (χ3n) is 4.38. The molecule has 0 N–H and O–H groups in total. The summed E-state index contributed by atoms with van der Waals surface area (Å²) >= 11 is 0. The number of esters is 1. The van der Waals surface area contributed by atoms with Crippen molar-refractivity contribution in [2.45, 2.75) is 6.92 Å². The lowest BCUT2D eigenvalue weighted by atomic mass is 10.2. The summed E-state index contributed by atoms with van der Waals surface area (Å²) in [6.45, 7) is 6.46. The molecule has 5 nitrogen and oxygen atoms in total. The Morgan fingerprint density at radius 3 is 2.55 bits per heavy atom. The zero-order valence-corrected chi connectivity index (χ0v) is 13.5. The minimum atomic E-state index is -0.262. The Labute approximate surface area is 131 Å². The van der Waals surface area contributed by atoms with E-state index < -0.39 is 0 Å². The van der Waals surface area contributed by atoms with Crippen molar-refractivity contribution in [2.24, 2.45) is 7.05 Å².